The Labute approximate surface area is 86.7 Å². The van der Waals surface area contributed by atoms with Gasteiger partial charge in [-0.05, 0) is 6.55 Å². The molecule has 1 rings (SSSR count). The molecular weight excluding hydrogens is 200 g/mol. The van der Waals surface area contributed by atoms with Crippen molar-refractivity contribution in [1.82, 2.24) is 0 Å². The maximum atomic E-state index is 9.54. The number of aliphatic hydroxyl groups excluding tert-OH is 1. The predicted molar refractivity (Wildman–Crippen MR) is 57.4 cm³/mol. The van der Waals surface area contributed by atoms with Gasteiger partial charge in [0.25, 0.3) is 0 Å². The van der Waals surface area contributed by atoms with Gasteiger partial charge in [0.05, 0.1) is 12.7 Å². The van der Waals surface area contributed by atoms with Crippen molar-refractivity contribution in [2.45, 2.75) is 24.8 Å². The van der Waals surface area contributed by atoms with Gasteiger partial charge in [0.1, 0.15) is 6.10 Å². The molecule has 0 radical (unpaired) electrons. The van der Waals surface area contributed by atoms with Gasteiger partial charge in [-0.15, -0.1) is 13.2 Å². The van der Waals surface area contributed by atoms with Crippen LogP contribution < -0.4 is 0 Å². The molecule has 0 bridgehead atoms. The van der Waals surface area contributed by atoms with E-state index < -0.39 is 14.7 Å². The Morgan fingerprint density at radius 3 is 2.21 bits per heavy atom. The third-order valence-corrected chi connectivity index (χ3v) is 5.12. The topological polar surface area (TPSA) is 51.2 Å². The van der Waals surface area contributed by atoms with Gasteiger partial charge in [-0.2, -0.15) is 0 Å². The summed E-state index contributed by atoms with van der Waals surface area (Å²) in [5, 5.41) is 9.54. The second-order valence-corrected chi connectivity index (χ2v) is 6.68. The first-order valence-corrected chi connectivity index (χ1v) is 7.03. The van der Waals surface area contributed by atoms with Crippen molar-refractivity contribution in [1.29, 1.82) is 0 Å². The van der Waals surface area contributed by atoms with Crippen molar-refractivity contribution in [3.8, 4) is 0 Å². The van der Waals surface area contributed by atoms with Crippen LogP contribution in [0.4, 0.5) is 0 Å². The summed E-state index contributed by atoms with van der Waals surface area (Å²) >= 11 is 0. The van der Waals surface area contributed by atoms with Gasteiger partial charge >= 0.3 is 8.56 Å². The second-order valence-electron chi connectivity index (χ2n) is 3.19. The summed E-state index contributed by atoms with van der Waals surface area (Å²) in [5.41, 5.74) is 0. The molecule has 14 heavy (non-hydrogen) atoms. The molecule has 1 heterocycles. The van der Waals surface area contributed by atoms with Gasteiger partial charge in [-0.3, -0.25) is 0 Å². The zero-order valence-electron chi connectivity index (χ0n) is 9.16. The van der Waals surface area contributed by atoms with Crippen molar-refractivity contribution in [2.75, 3.05) is 20.8 Å². The minimum atomic E-state index is -2.11. The molecule has 4 nitrogen and oxygen atoms in total. The van der Waals surface area contributed by atoms with Crippen LogP contribution in [0, 0.1) is 0 Å². The van der Waals surface area contributed by atoms with Crippen molar-refractivity contribution in [3.63, 3.8) is 0 Å². The first-order chi connectivity index (χ1) is 6.61. The van der Waals surface area contributed by atoms with Crippen LogP contribution in [0.5, 0.6) is 0 Å². The first kappa shape index (κ1) is 13.8. The number of rotatable bonds is 5. The molecule has 1 N–H and O–H groups in total. The normalized spacial score (nSPS) is 22.1. The van der Waals surface area contributed by atoms with Crippen LogP contribution in [0.2, 0.25) is 12.6 Å². The quantitative estimate of drug-likeness (QED) is 0.425. The lowest BCUT2D eigenvalue weighted by molar-refractivity contribution is 0.134. The summed E-state index contributed by atoms with van der Waals surface area (Å²) in [7, 11) is 1.13. The van der Waals surface area contributed by atoms with Gasteiger partial charge in [0, 0.05) is 20.3 Å². The summed E-state index contributed by atoms with van der Waals surface area (Å²) < 4.78 is 15.4. The van der Waals surface area contributed by atoms with Gasteiger partial charge in [-0.25, -0.2) is 0 Å². The van der Waals surface area contributed by atoms with E-state index in [0.29, 0.717) is 12.7 Å². The van der Waals surface area contributed by atoms with Crippen molar-refractivity contribution >= 4 is 8.56 Å². The molecule has 2 atom stereocenters. The van der Waals surface area contributed by atoms with E-state index in [1.54, 1.807) is 14.2 Å². The molecule has 1 aliphatic rings. The monoisotopic (exact) mass is 220 g/mol. The molecule has 0 aromatic heterocycles. The summed E-state index contributed by atoms with van der Waals surface area (Å²) in [6, 6.07) is 0.574. The highest BCUT2D eigenvalue weighted by Gasteiger charge is 2.39. The van der Waals surface area contributed by atoms with Gasteiger partial charge < -0.3 is 18.7 Å². The highest BCUT2D eigenvalue weighted by Crippen LogP contribution is 2.22. The van der Waals surface area contributed by atoms with Crippen LogP contribution >= 0.6 is 0 Å². The standard InChI is InChI=1S/C7H16O4Si.C2H4/c1-9-12(3,10-2)5-6(8)7-4-11-7;1-2/h6-8H,4-5H2,1-3H3;1-2H2. The molecule has 1 aliphatic heterocycles. The summed E-state index contributed by atoms with van der Waals surface area (Å²) in [4.78, 5) is 0. The van der Waals surface area contributed by atoms with E-state index in [1.807, 2.05) is 6.55 Å². The lowest BCUT2D eigenvalue weighted by Crippen LogP contribution is -2.41. The number of epoxide rings is 1. The fraction of sp³-hybridized carbons (Fsp3) is 0.778. The van der Waals surface area contributed by atoms with Gasteiger partial charge in [0.15, 0.2) is 0 Å². The van der Waals surface area contributed by atoms with E-state index in [4.69, 9.17) is 13.6 Å². The fourth-order valence-electron chi connectivity index (χ4n) is 1.04. The fourth-order valence-corrected chi connectivity index (χ4v) is 2.56. The molecular formula is C9H20O4Si. The molecule has 0 aromatic carbocycles. The second kappa shape index (κ2) is 6.31. The predicted octanol–water partition coefficient (Wildman–Crippen LogP) is 0.913. The zero-order chi connectivity index (χ0) is 11.2. The van der Waals surface area contributed by atoms with Crippen LogP contribution in [0.15, 0.2) is 13.2 Å². The maximum absolute atomic E-state index is 9.54. The Hall–Kier alpha value is -0.203. The lowest BCUT2D eigenvalue weighted by Gasteiger charge is -2.24. The van der Waals surface area contributed by atoms with Crippen LogP contribution in [-0.4, -0.2) is 46.7 Å². The molecule has 1 saturated heterocycles. The SMILES string of the molecule is C=C.CO[Si](C)(CC(O)C1CO1)OC. The summed E-state index contributed by atoms with van der Waals surface area (Å²) in [6.45, 7) is 8.59. The number of hydrogen-bond donors (Lipinski definition) is 1. The van der Waals surface area contributed by atoms with E-state index in [-0.39, 0.29) is 6.10 Å². The third-order valence-electron chi connectivity index (χ3n) is 2.23. The average Bonchev–Trinajstić information content (AvgIpc) is 3.04. The maximum Gasteiger partial charge on any atom is 0.337 e. The Balaban J connectivity index is 0.000000791. The molecule has 84 valence electrons. The average molecular weight is 220 g/mol. The number of aliphatic hydroxyl groups is 1. The van der Waals surface area contributed by atoms with E-state index in [2.05, 4.69) is 13.2 Å². The van der Waals surface area contributed by atoms with Crippen LogP contribution in [0.25, 0.3) is 0 Å². The van der Waals surface area contributed by atoms with Crippen LogP contribution in [-0.2, 0) is 13.6 Å². The smallest absolute Gasteiger partial charge is 0.337 e. The Morgan fingerprint density at radius 1 is 1.50 bits per heavy atom. The van der Waals surface area contributed by atoms with Crippen molar-refractivity contribution in [2.24, 2.45) is 0 Å². The Kier molecular flexibility index (Phi) is 6.22. The first-order valence-electron chi connectivity index (χ1n) is 4.51. The minimum Gasteiger partial charge on any atom is -0.398 e. The number of ether oxygens (including phenoxy) is 1. The molecule has 0 amide bonds. The van der Waals surface area contributed by atoms with Crippen molar-refractivity contribution < 1.29 is 18.7 Å². The van der Waals surface area contributed by atoms with E-state index in [1.165, 1.54) is 0 Å². The minimum absolute atomic E-state index is 0.0159. The molecule has 1 fully saturated rings. The Morgan fingerprint density at radius 2 is 1.93 bits per heavy atom. The molecule has 2 unspecified atom stereocenters. The highest BCUT2D eigenvalue weighted by atomic mass is 28.4. The summed E-state index contributed by atoms with van der Waals surface area (Å²) in [6.07, 6.45) is -0.413. The molecule has 0 aromatic rings. The van der Waals surface area contributed by atoms with E-state index in [0.717, 1.165) is 0 Å². The molecule has 5 heteroatoms. The molecule has 0 aliphatic carbocycles. The van der Waals surface area contributed by atoms with E-state index >= 15 is 0 Å². The van der Waals surface area contributed by atoms with E-state index in [9.17, 15) is 5.11 Å². The van der Waals surface area contributed by atoms with Crippen molar-refractivity contribution in [3.05, 3.63) is 13.2 Å². The van der Waals surface area contributed by atoms with Gasteiger partial charge in [-0.1, -0.05) is 0 Å². The summed E-state index contributed by atoms with van der Waals surface area (Å²) in [5.74, 6) is 0. The largest absolute Gasteiger partial charge is 0.398 e. The van der Waals surface area contributed by atoms with Crippen LogP contribution in [0.3, 0.4) is 0 Å². The molecule has 0 spiro atoms. The number of hydrogen-bond acceptors (Lipinski definition) is 4. The lowest BCUT2D eigenvalue weighted by atomic mass is 10.3. The Bertz CT molecular complexity index is 157. The highest BCUT2D eigenvalue weighted by molar-refractivity contribution is 6.66. The van der Waals surface area contributed by atoms with Gasteiger partial charge in [0.2, 0.25) is 0 Å². The van der Waals surface area contributed by atoms with Crippen LogP contribution in [0.1, 0.15) is 0 Å². The zero-order valence-corrected chi connectivity index (χ0v) is 10.2. The molecule has 0 saturated carbocycles. The third kappa shape index (κ3) is 4.34.